The Hall–Kier alpha value is -2.37. The van der Waals surface area contributed by atoms with Gasteiger partial charge in [-0.1, -0.05) is 12.1 Å². The van der Waals surface area contributed by atoms with E-state index in [1.165, 1.54) is 0 Å². The van der Waals surface area contributed by atoms with Gasteiger partial charge in [0.25, 0.3) is 0 Å². The second kappa shape index (κ2) is 5.44. The van der Waals surface area contributed by atoms with Gasteiger partial charge >= 0.3 is 0 Å². The lowest BCUT2D eigenvalue weighted by Gasteiger charge is -2.38. The van der Waals surface area contributed by atoms with Gasteiger partial charge in [-0.3, -0.25) is 19.7 Å². The van der Waals surface area contributed by atoms with Crippen LogP contribution in [-0.2, 0) is 14.4 Å². The van der Waals surface area contributed by atoms with Crippen molar-refractivity contribution < 1.29 is 14.4 Å². The number of carbonyl (C=O) groups is 3. The summed E-state index contributed by atoms with van der Waals surface area (Å²) in [6.45, 7) is 0. The summed E-state index contributed by atoms with van der Waals surface area (Å²) in [5.41, 5.74) is 6.47. The molecule has 3 rings (SSSR count). The highest BCUT2D eigenvalue weighted by Crippen LogP contribution is 2.43. The van der Waals surface area contributed by atoms with E-state index in [1.807, 2.05) is 12.1 Å². The number of nitrogens with one attached hydrogen (secondary N) is 2. The fraction of sp³-hybridized carbons (Fsp3) is 0.438. The summed E-state index contributed by atoms with van der Waals surface area (Å²) < 4.78 is 0. The Bertz CT molecular complexity index is 626. The largest absolute Gasteiger partial charge is 0.399 e. The Balaban J connectivity index is 1.89. The number of hydrogen-bond acceptors (Lipinski definition) is 4. The number of carbonyl (C=O) groups excluding carboxylic acids is 3. The predicted molar refractivity (Wildman–Crippen MR) is 80.4 cm³/mol. The van der Waals surface area contributed by atoms with Crippen LogP contribution in [0.2, 0.25) is 0 Å². The van der Waals surface area contributed by atoms with Crippen molar-refractivity contribution in [1.82, 2.24) is 10.6 Å². The smallest absolute Gasteiger partial charge is 0.233 e. The molecule has 4 N–H and O–H groups in total. The van der Waals surface area contributed by atoms with Crippen molar-refractivity contribution in [3.05, 3.63) is 29.8 Å². The summed E-state index contributed by atoms with van der Waals surface area (Å²) in [5, 5.41) is 5.36. The molecule has 116 valence electrons. The Morgan fingerprint density at radius 1 is 1.09 bits per heavy atom. The fourth-order valence-corrected chi connectivity index (χ4v) is 3.38. The molecule has 2 aliphatic rings. The minimum atomic E-state index is -0.791. The average Bonchev–Trinajstić information content (AvgIpc) is 2.58. The summed E-state index contributed by atoms with van der Waals surface area (Å²) in [5.74, 6) is -0.722. The molecule has 3 amide bonds. The Labute approximate surface area is 128 Å². The van der Waals surface area contributed by atoms with Crippen molar-refractivity contribution in [3.63, 3.8) is 0 Å². The van der Waals surface area contributed by atoms with E-state index in [1.54, 1.807) is 12.1 Å². The van der Waals surface area contributed by atoms with E-state index in [9.17, 15) is 14.4 Å². The van der Waals surface area contributed by atoms with Gasteiger partial charge in [-0.05, 0) is 37.0 Å². The van der Waals surface area contributed by atoms with Crippen molar-refractivity contribution in [1.29, 1.82) is 0 Å². The number of nitrogens with two attached hydrogens (primary N) is 1. The van der Waals surface area contributed by atoms with Crippen LogP contribution in [0.25, 0.3) is 0 Å². The van der Waals surface area contributed by atoms with E-state index in [0.29, 0.717) is 31.4 Å². The predicted octanol–water partition coefficient (Wildman–Crippen LogP) is 1.03. The highest BCUT2D eigenvalue weighted by atomic mass is 16.2. The van der Waals surface area contributed by atoms with E-state index in [0.717, 1.165) is 5.56 Å². The molecular formula is C16H19N3O3. The molecule has 0 bridgehead atoms. The van der Waals surface area contributed by atoms with Crippen molar-refractivity contribution in [2.24, 2.45) is 5.41 Å². The third-order valence-corrected chi connectivity index (χ3v) is 4.56. The monoisotopic (exact) mass is 301 g/mol. The van der Waals surface area contributed by atoms with Gasteiger partial charge in [0, 0.05) is 18.5 Å². The first kappa shape index (κ1) is 14.6. The Morgan fingerprint density at radius 3 is 2.55 bits per heavy atom. The molecule has 1 spiro atoms. The van der Waals surface area contributed by atoms with Crippen molar-refractivity contribution >= 4 is 23.4 Å². The van der Waals surface area contributed by atoms with Gasteiger partial charge in [-0.2, -0.15) is 0 Å². The molecule has 2 heterocycles. The standard InChI is InChI=1S/C16H19N3O3/c17-11-5-3-10(4-6-11)12-8-16(9-14(21)18-12)7-1-2-13(20)19-15(16)22/h3-6,12H,1-2,7-9,17H2,(H,18,21)(H,19,20,22). The third-order valence-electron chi connectivity index (χ3n) is 4.56. The van der Waals surface area contributed by atoms with Crippen LogP contribution >= 0.6 is 0 Å². The van der Waals surface area contributed by atoms with Crippen LogP contribution in [0, 0.1) is 5.41 Å². The average molecular weight is 301 g/mol. The lowest BCUT2D eigenvalue weighted by molar-refractivity contribution is -0.143. The van der Waals surface area contributed by atoms with Gasteiger partial charge in [0.05, 0.1) is 11.5 Å². The van der Waals surface area contributed by atoms with E-state index < -0.39 is 5.41 Å². The molecule has 2 unspecified atom stereocenters. The van der Waals surface area contributed by atoms with Gasteiger partial charge in [0.2, 0.25) is 17.7 Å². The lowest BCUT2D eigenvalue weighted by atomic mass is 9.71. The molecule has 0 aliphatic carbocycles. The number of nitrogen functional groups attached to an aromatic ring is 1. The molecule has 0 saturated carbocycles. The number of rotatable bonds is 1. The van der Waals surface area contributed by atoms with E-state index in [4.69, 9.17) is 5.73 Å². The molecule has 0 aromatic heterocycles. The number of imide groups is 1. The van der Waals surface area contributed by atoms with E-state index in [2.05, 4.69) is 10.6 Å². The SMILES string of the molecule is Nc1ccc(C2CC3(CCCC(=O)NC3=O)CC(=O)N2)cc1. The summed E-state index contributed by atoms with van der Waals surface area (Å²) in [7, 11) is 0. The quantitative estimate of drug-likeness (QED) is 0.532. The summed E-state index contributed by atoms with van der Waals surface area (Å²) >= 11 is 0. The summed E-state index contributed by atoms with van der Waals surface area (Å²) in [6.07, 6.45) is 2.16. The van der Waals surface area contributed by atoms with Crippen molar-refractivity contribution in [3.8, 4) is 0 Å². The van der Waals surface area contributed by atoms with Gasteiger partial charge in [-0.15, -0.1) is 0 Å². The van der Waals surface area contributed by atoms with E-state index in [-0.39, 0.29) is 30.2 Å². The van der Waals surface area contributed by atoms with Crippen LogP contribution < -0.4 is 16.4 Å². The first-order valence-corrected chi connectivity index (χ1v) is 7.48. The highest BCUT2D eigenvalue weighted by Gasteiger charge is 2.47. The maximum atomic E-state index is 12.4. The lowest BCUT2D eigenvalue weighted by Crippen LogP contribution is -2.50. The Kier molecular flexibility index (Phi) is 3.60. The molecular weight excluding hydrogens is 282 g/mol. The molecule has 2 aliphatic heterocycles. The molecule has 1 aromatic carbocycles. The van der Waals surface area contributed by atoms with Gasteiger partial charge in [0.15, 0.2) is 0 Å². The molecule has 22 heavy (non-hydrogen) atoms. The molecule has 2 saturated heterocycles. The van der Waals surface area contributed by atoms with Crippen LogP contribution in [-0.4, -0.2) is 17.7 Å². The molecule has 6 nitrogen and oxygen atoms in total. The number of hydrogen-bond donors (Lipinski definition) is 3. The van der Waals surface area contributed by atoms with Gasteiger partial charge in [0.1, 0.15) is 0 Å². The minimum absolute atomic E-state index is 0.136. The molecule has 2 fully saturated rings. The minimum Gasteiger partial charge on any atom is -0.399 e. The second-order valence-electron chi connectivity index (χ2n) is 6.18. The maximum Gasteiger partial charge on any atom is 0.233 e. The van der Waals surface area contributed by atoms with Crippen LogP contribution in [0.4, 0.5) is 5.69 Å². The first-order valence-electron chi connectivity index (χ1n) is 7.48. The fourth-order valence-electron chi connectivity index (χ4n) is 3.38. The Morgan fingerprint density at radius 2 is 1.82 bits per heavy atom. The van der Waals surface area contributed by atoms with Gasteiger partial charge < -0.3 is 11.1 Å². The third kappa shape index (κ3) is 2.68. The second-order valence-corrected chi connectivity index (χ2v) is 6.18. The summed E-state index contributed by atoms with van der Waals surface area (Å²) in [6, 6.07) is 7.04. The molecule has 2 atom stereocenters. The van der Waals surface area contributed by atoms with Crippen LogP contribution in [0.1, 0.15) is 43.7 Å². The molecule has 0 radical (unpaired) electrons. The van der Waals surface area contributed by atoms with Crippen LogP contribution in [0.5, 0.6) is 0 Å². The number of amides is 3. The van der Waals surface area contributed by atoms with Gasteiger partial charge in [-0.25, -0.2) is 0 Å². The molecule has 6 heteroatoms. The molecule has 1 aromatic rings. The maximum absolute atomic E-state index is 12.4. The number of anilines is 1. The topological polar surface area (TPSA) is 101 Å². The number of piperidine rings is 1. The van der Waals surface area contributed by atoms with E-state index >= 15 is 0 Å². The summed E-state index contributed by atoms with van der Waals surface area (Å²) in [4.78, 5) is 36.1. The highest BCUT2D eigenvalue weighted by molar-refractivity contribution is 6.01. The van der Waals surface area contributed by atoms with Crippen molar-refractivity contribution in [2.45, 2.75) is 38.1 Å². The zero-order chi connectivity index (χ0) is 15.7. The zero-order valence-corrected chi connectivity index (χ0v) is 12.2. The normalized spacial score (nSPS) is 28.9. The van der Waals surface area contributed by atoms with Crippen LogP contribution in [0.15, 0.2) is 24.3 Å². The van der Waals surface area contributed by atoms with Crippen LogP contribution in [0.3, 0.4) is 0 Å². The van der Waals surface area contributed by atoms with Crippen molar-refractivity contribution in [2.75, 3.05) is 5.73 Å². The zero-order valence-electron chi connectivity index (χ0n) is 12.2. The first-order chi connectivity index (χ1) is 10.5. The number of benzene rings is 1.